The highest BCUT2D eigenvalue weighted by Gasteiger charge is 2.06. The molecule has 114 valence electrons. The smallest absolute Gasteiger partial charge is 0.158 e. The minimum absolute atomic E-state index is 0.449. The third-order valence-electron chi connectivity index (χ3n) is 2.65. The first kappa shape index (κ1) is 17.0. The van der Waals surface area contributed by atoms with Gasteiger partial charge in [0.05, 0.1) is 0 Å². The first-order chi connectivity index (χ1) is 9.69. The second kappa shape index (κ2) is 9.83. The van der Waals surface area contributed by atoms with E-state index in [2.05, 4.69) is 40.7 Å². The lowest BCUT2D eigenvalue weighted by Gasteiger charge is -2.14. The molecule has 2 N–H and O–H groups in total. The van der Waals surface area contributed by atoms with Crippen molar-refractivity contribution >= 4 is 23.4 Å². The van der Waals surface area contributed by atoms with Crippen LogP contribution in [0.5, 0.6) is 0 Å². The SMILES string of the molecule is CCNc1cc(NCC(C)CSC)nc(COCC)n1. The van der Waals surface area contributed by atoms with Gasteiger partial charge in [-0.15, -0.1) is 0 Å². The van der Waals surface area contributed by atoms with Gasteiger partial charge in [0.25, 0.3) is 0 Å². The predicted molar refractivity (Wildman–Crippen MR) is 87.6 cm³/mol. The van der Waals surface area contributed by atoms with Crippen molar-refractivity contribution in [3.8, 4) is 0 Å². The summed E-state index contributed by atoms with van der Waals surface area (Å²) in [5.74, 6) is 4.17. The van der Waals surface area contributed by atoms with Gasteiger partial charge in [0, 0.05) is 25.8 Å². The summed E-state index contributed by atoms with van der Waals surface area (Å²) in [6.07, 6.45) is 2.13. The Morgan fingerprint density at radius 2 is 1.95 bits per heavy atom. The van der Waals surface area contributed by atoms with E-state index in [1.54, 1.807) is 0 Å². The van der Waals surface area contributed by atoms with Crippen molar-refractivity contribution in [3.05, 3.63) is 11.9 Å². The molecule has 0 amide bonds. The summed E-state index contributed by atoms with van der Waals surface area (Å²) >= 11 is 1.87. The minimum atomic E-state index is 0.449. The average Bonchev–Trinajstić information content (AvgIpc) is 2.43. The quantitative estimate of drug-likeness (QED) is 0.692. The first-order valence-corrected chi connectivity index (χ1v) is 8.51. The van der Waals surface area contributed by atoms with Gasteiger partial charge in [-0.25, -0.2) is 9.97 Å². The molecule has 0 spiro atoms. The van der Waals surface area contributed by atoms with Crippen LogP contribution in [0.3, 0.4) is 0 Å². The van der Waals surface area contributed by atoms with E-state index in [4.69, 9.17) is 4.74 Å². The van der Waals surface area contributed by atoms with Gasteiger partial charge in [-0.2, -0.15) is 11.8 Å². The Morgan fingerprint density at radius 3 is 2.55 bits per heavy atom. The van der Waals surface area contributed by atoms with Crippen LogP contribution in [0.4, 0.5) is 11.6 Å². The maximum atomic E-state index is 5.39. The Bertz CT molecular complexity index is 389. The molecule has 1 heterocycles. The Kier molecular flexibility index (Phi) is 8.37. The largest absolute Gasteiger partial charge is 0.374 e. The average molecular weight is 298 g/mol. The molecule has 1 aromatic heterocycles. The van der Waals surface area contributed by atoms with Crippen LogP contribution in [0.25, 0.3) is 0 Å². The van der Waals surface area contributed by atoms with E-state index in [-0.39, 0.29) is 0 Å². The first-order valence-electron chi connectivity index (χ1n) is 7.11. The van der Waals surface area contributed by atoms with Gasteiger partial charge in [-0.3, -0.25) is 0 Å². The summed E-state index contributed by atoms with van der Waals surface area (Å²) < 4.78 is 5.39. The molecule has 0 bridgehead atoms. The fourth-order valence-electron chi connectivity index (χ4n) is 1.74. The van der Waals surface area contributed by atoms with Gasteiger partial charge in [0.2, 0.25) is 0 Å². The van der Waals surface area contributed by atoms with Crippen molar-refractivity contribution in [1.82, 2.24) is 9.97 Å². The second-order valence-corrected chi connectivity index (χ2v) is 5.57. The van der Waals surface area contributed by atoms with Crippen LogP contribution in [0.15, 0.2) is 6.07 Å². The maximum absolute atomic E-state index is 5.39. The van der Waals surface area contributed by atoms with E-state index in [1.807, 2.05) is 24.8 Å². The van der Waals surface area contributed by atoms with Crippen LogP contribution in [0.1, 0.15) is 26.6 Å². The number of aromatic nitrogens is 2. The number of ether oxygens (including phenoxy) is 1. The van der Waals surface area contributed by atoms with Crippen LogP contribution in [-0.2, 0) is 11.3 Å². The van der Waals surface area contributed by atoms with E-state index >= 15 is 0 Å². The minimum Gasteiger partial charge on any atom is -0.374 e. The summed E-state index contributed by atoms with van der Waals surface area (Å²) in [7, 11) is 0. The normalized spacial score (nSPS) is 12.2. The molecule has 1 unspecified atom stereocenters. The van der Waals surface area contributed by atoms with Gasteiger partial charge in [0.1, 0.15) is 18.2 Å². The van der Waals surface area contributed by atoms with Gasteiger partial charge in [-0.1, -0.05) is 6.92 Å². The summed E-state index contributed by atoms with van der Waals surface area (Å²) in [5.41, 5.74) is 0. The molecule has 5 nitrogen and oxygen atoms in total. The molecule has 0 saturated heterocycles. The highest BCUT2D eigenvalue weighted by molar-refractivity contribution is 7.98. The molecule has 20 heavy (non-hydrogen) atoms. The molecule has 0 aliphatic carbocycles. The number of anilines is 2. The Hall–Kier alpha value is -1.01. The maximum Gasteiger partial charge on any atom is 0.158 e. The van der Waals surface area contributed by atoms with E-state index < -0.39 is 0 Å². The second-order valence-electron chi connectivity index (χ2n) is 4.66. The third-order valence-corrected chi connectivity index (χ3v) is 3.55. The number of hydrogen-bond acceptors (Lipinski definition) is 6. The summed E-state index contributed by atoms with van der Waals surface area (Å²) in [6, 6.07) is 1.95. The van der Waals surface area contributed by atoms with Crippen molar-refractivity contribution in [1.29, 1.82) is 0 Å². The zero-order chi connectivity index (χ0) is 14.8. The number of hydrogen-bond donors (Lipinski definition) is 2. The summed E-state index contributed by atoms with van der Waals surface area (Å²) in [6.45, 7) is 9.13. The topological polar surface area (TPSA) is 59.1 Å². The molecule has 0 aliphatic rings. The number of thioether (sulfide) groups is 1. The molecular formula is C14H26N4OS. The fourth-order valence-corrected chi connectivity index (χ4v) is 2.43. The molecule has 6 heteroatoms. The Morgan fingerprint density at radius 1 is 1.25 bits per heavy atom. The summed E-state index contributed by atoms with van der Waals surface area (Å²) in [4.78, 5) is 8.92. The van der Waals surface area contributed by atoms with Crippen LogP contribution in [0.2, 0.25) is 0 Å². The van der Waals surface area contributed by atoms with Crippen molar-refractivity contribution < 1.29 is 4.74 Å². The molecule has 0 aromatic carbocycles. The lowest BCUT2D eigenvalue weighted by Crippen LogP contribution is -2.15. The van der Waals surface area contributed by atoms with E-state index in [0.717, 1.165) is 30.5 Å². The molecule has 0 saturated carbocycles. The third kappa shape index (κ3) is 6.43. The van der Waals surface area contributed by atoms with Gasteiger partial charge >= 0.3 is 0 Å². The standard InChI is InChI=1S/C14H26N4OS/c1-5-15-12-7-13(16-8-11(3)10-20-4)18-14(17-12)9-19-6-2/h7,11H,5-6,8-10H2,1-4H3,(H2,15,16,17,18). The van der Waals surface area contributed by atoms with Crippen molar-refractivity contribution in [2.45, 2.75) is 27.4 Å². The predicted octanol–water partition coefficient (Wildman–Crippen LogP) is 2.86. The van der Waals surface area contributed by atoms with E-state index in [0.29, 0.717) is 25.0 Å². The Balaban J connectivity index is 2.69. The van der Waals surface area contributed by atoms with Crippen molar-refractivity contribution in [2.24, 2.45) is 5.92 Å². The lowest BCUT2D eigenvalue weighted by molar-refractivity contribution is 0.128. The highest BCUT2D eigenvalue weighted by atomic mass is 32.2. The molecule has 1 aromatic rings. The van der Waals surface area contributed by atoms with Crippen LogP contribution in [-0.4, -0.2) is 41.7 Å². The highest BCUT2D eigenvalue weighted by Crippen LogP contribution is 2.13. The molecule has 0 radical (unpaired) electrons. The number of nitrogens with zero attached hydrogens (tertiary/aromatic N) is 2. The van der Waals surface area contributed by atoms with Crippen molar-refractivity contribution in [2.75, 3.05) is 42.3 Å². The van der Waals surface area contributed by atoms with Gasteiger partial charge in [0.15, 0.2) is 5.82 Å². The molecule has 0 aliphatic heterocycles. The molecule has 1 rings (SSSR count). The van der Waals surface area contributed by atoms with Crippen molar-refractivity contribution in [3.63, 3.8) is 0 Å². The zero-order valence-electron chi connectivity index (χ0n) is 12.9. The van der Waals surface area contributed by atoms with Crippen LogP contribution >= 0.6 is 11.8 Å². The van der Waals surface area contributed by atoms with Gasteiger partial charge < -0.3 is 15.4 Å². The monoisotopic (exact) mass is 298 g/mol. The Labute approximate surface area is 126 Å². The van der Waals surface area contributed by atoms with E-state index in [1.165, 1.54) is 0 Å². The fraction of sp³-hybridized carbons (Fsp3) is 0.714. The number of nitrogens with one attached hydrogen (secondary N) is 2. The molecule has 1 atom stereocenters. The lowest BCUT2D eigenvalue weighted by atomic mass is 10.2. The number of rotatable bonds is 10. The van der Waals surface area contributed by atoms with E-state index in [9.17, 15) is 0 Å². The van der Waals surface area contributed by atoms with Gasteiger partial charge in [-0.05, 0) is 31.8 Å². The summed E-state index contributed by atoms with van der Waals surface area (Å²) in [5, 5.41) is 6.61. The van der Waals surface area contributed by atoms with Crippen LogP contribution in [0, 0.1) is 5.92 Å². The zero-order valence-corrected chi connectivity index (χ0v) is 13.7. The molecule has 0 fully saturated rings. The van der Waals surface area contributed by atoms with Crippen LogP contribution < -0.4 is 10.6 Å². The molecular weight excluding hydrogens is 272 g/mol.